The molecule has 0 aromatic heterocycles. The van der Waals surface area contributed by atoms with Crippen LogP contribution < -0.4 is 16.0 Å². The van der Waals surface area contributed by atoms with Gasteiger partial charge in [0.05, 0.1) is 12.1 Å². The van der Waals surface area contributed by atoms with Gasteiger partial charge in [-0.3, -0.25) is 4.79 Å². The minimum Gasteiger partial charge on any atom is -0.465 e. The van der Waals surface area contributed by atoms with Gasteiger partial charge in [0.25, 0.3) is 0 Å². The number of nitrogens with one attached hydrogen (secondary N) is 3. The van der Waals surface area contributed by atoms with Gasteiger partial charge >= 0.3 is 12.1 Å². The summed E-state index contributed by atoms with van der Waals surface area (Å²) >= 11 is 0. The van der Waals surface area contributed by atoms with Crippen LogP contribution in [-0.4, -0.2) is 70.5 Å². The molecule has 9 nitrogen and oxygen atoms in total. The summed E-state index contributed by atoms with van der Waals surface area (Å²) in [5.41, 5.74) is 1.86. The molecule has 5 N–H and O–H groups in total. The van der Waals surface area contributed by atoms with Gasteiger partial charge in [-0.1, -0.05) is 74.5 Å². The quantitative estimate of drug-likeness (QED) is 0.300. The molecule has 4 amide bonds. The molecule has 1 saturated heterocycles. The zero-order chi connectivity index (χ0) is 26.8. The van der Waals surface area contributed by atoms with E-state index in [2.05, 4.69) is 16.0 Å². The SMILES string of the molecule is CC(C)[C@@H](C(=O)N[C@@H](Cc1ccccc1)C[C@H](O)[C@H](Cc1ccccc1)NC(=O)O)N1CCCNC1=O. The van der Waals surface area contributed by atoms with Crippen LogP contribution in [0.5, 0.6) is 0 Å². The summed E-state index contributed by atoms with van der Waals surface area (Å²) in [6.07, 6.45) is -0.624. The molecule has 2 aromatic carbocycles. The first-order valence-electron chi connectivity index (χ1n) is 12.8. The molecule has 1 heterocycles. The van der Waals surface area contributed by atoms with E-state index < -0.39 is 30.3 Å². The van der Waals surface area contributed by atoms with Crippen molar-refractivity contribution in [1.82, 2.24) is 20.9 Å². The number of urea groups is 1. The fraction of sp³-hybridized carbons (Fsp3) is 0.464. The fourth-order valence-corrected chi connectivity index (χ4v) is 4.86. The number of amides is 4. The highest BCUT2D eigenvalue weighted by atomic mass is 16.4. The molecule has 200 valence electrons. The van der Waals surface area contributed by atoms with Gasteiger partial charge in [0.15, 0.2) is 0 Å². The average molecular weight is 511 g/mol. The zero-order valence-electron chi connectivity index (χ0n) is 21.5. The lowest BCUT2D eigenvalue weighted by molar-refractivity contribution is -0.128. The number of rotatable bonds is 12. The third kappa shape index (κ3) is 8.49. The van der Waals surface area contributed by atoms with Crippen molar-refractivity contribution in [3.63, 3.8) is 0 Å². The Morgan fingerprint density at radius 1 is 0.973 bits per heavy atom. The van der Waals surface area contributed by atoms with Gasteiger partial charge in [0.2, 0.25) is 5.91 Å². The Kier molecular flexibility index (Phi) is 10.3. The number of benzene rings is 2. The van der Waals surface area contributed by atoms with Gasteiger partial charge in [0, 0.05) is 19.1 Å². The third-order valence-corrected chi connectivity index (χ3v) is 6.62. The molecule has 9 heteroatoms. The van der Waals surface area contributed by atoms with E-state index >= 15 is 0 Å². The van der Waals surface area contributed by atoms with E-state index in [0.29, 0.717) is 25.9 Å². The maximum Gasteiger partial charge on any atom is 0.404 e. The van der Waals surface area contributed by atoms with Gasteiger partial charge in [-0.15, -0.1) is 0 Å². The number of aliphatic hydroxyl groups is 1. The number of carboxylic acid groups (broad SMARTS) is 1. The summed E-state index contributed by atoms with van der Waals surface area (Å²) in [5, 5.41) is 28.9. The summed E-state index contributed by atoms with van der Waals surface area (Å²) in [6.45, 7) is 4.89. The normalized spacial score (nSPS) is 16.9. The van der Waals surface area contributed by atoms with E-state index in [0.717, 1.165) is 17.5 Å². The molecule has 1 aliphatic rings. The van der Waals surface area contributed by atoms with Gasteiger partial charge < -0.3 is 31.1 Å². The Labute approximate surface area is 218 Å². The molecule has 0 bridgehead atoms. The van der Waals surface area contributed by atoms with Crippen molar-refractivity contribution < 1.29 is 24.6 Å². The minimum atomic E-state index is -1.22. The molecule has 37 heavy (non-hydrogen) atoms. The Morgan fingerprint density at radius 3 is 2.11 bits per heavy atom. The third-order valence-electron chi connectivity index (χ3n) is 6.62. The number of aliphatic hydroxyl groups excluding tert-OH is 1. The van der Waals surface area contributed by atoms with E-state index in [1.165, 1.54) is 0 Å². The van der Waals surface area contributed by atoms with Gasteiger partial charge in [0.1, 0.15) is 6.04 Å². The monoisotopic (exact) mass is 510 g/mol. The van der Waals surface area contributed by atoms with Crippen LogP contribution in [0.2, 0.25) is 0 Å². The highest BCUT2D eigenvalue weighted by Gasteiger charge is 2.35. The van der Waals surface area contributed by atoms with E-state index in [4.69, 9.17) is 0 Å². The molecular formula is C28H38N4O5. The standard InChI is InChI=1S/C28H38N4O5/c1-19(2)25(32-15-9-14-29-27(32)35)26(34)30-22(16-20-10-5-3-6-11-20)18-24(33)23(31-28(36)37)17-21-12-7-4-8-13-21/h3-8,10-13,19,22-25,31,33H,9,14-18H2,1-2H3,(H,29,35)(H,30,34)(H,36,37)/t22-,23-,24-,25-/m0/s1. The number of carbonyl (C=O) groups is 3. The fourth-order valence-electron chi connectivity index (χ4n) is 4.86. The predicted molar refractivity (Wildman–Crippen MR) is 141 cm³/mol. The molecule has 0 aliphatic carbocycles. The zero-order valence-corrected chi connectivity index (χ0v) is 21.5. The summed E-state index contributed by atoms with van der Waals surface area (Å²) in [4.78, 5) is 39.1. The molecule has 1 aliphatic heterocycles. The van der Waals surface area contributed by atoms with Crippen LogP contribution >= 0.6 is 0 Å². The molecule has 0 saturated carbocycles. The van der Waals surface area contributed by atoms with Gasteiger partial charge in [-0.25, -0.2) is 9.59 Å². The molecule has 2 aromatic rings. The van der Waals surface area contributed by atoms with Crippen LogP contribution in [0, 0.1) is 5.92 Å². The van der Waals surface area contributed by atoms with Crippen molar-refractivity contribution in [2.45, 2.75) is 63.8 Å². The first kappa shape index (κ1) is 28.0. The topological polar surface area (TPSA) is 131 Å². The first-order chi connectivity index (χ1) is 17.7. The smallest absolute Gasteiger partial charge is 0.404 e. The van der Waals surface area contributed by atoms with Crippen LogP contribution in [0.1, 0.15) is 37.8 Å². The Balaban J connectivity index is 1.79. The highest BCUT2D eigenvalue weighted by molar-refractivity contribution is 5.87. The van der Waals surface area contributed by atoms with Crippen LogP contribution in [-0.2, 0) is 17.6 Å². The molecule has 0 radical (unpaired) electrons. The largest absolute Gasteiger partial charge is 0.465 e. The van der Waals surface area contributed by atoms with Gasteiger partial charge in [-0.2, -0.15) is 0 Å². The molecule has 3 rings (SSSR count). The Morgan fingerprint density at radius 2 is 1.57 bits per heavy atom. The number of carbonyl (C=O) groups excluding carboxylic acids is 2. The van der Waals surface area contributed by atoms with E-state index in [1.54, 1.807) is 4.90 Å². The molecule has 4 atom stereocenters. The Bertz CT molecular complexity index is 1020. The molecule has 0 unspecified atom stereocenters. The van der Waals surface area contributed by atoms with E-state index in [9.17, 15) is 24.6 Å². The number of hydrogen-bond acceptors (Lipinski definition) is 4. The lowest BCUT2D eigenvalue weighted by atomic mass is 9.93. The van der Waals surface area contributed by atoms with E-state index in [1.807, 2.05) is 74.5 Å². The van der Waals surface area contributed by atoms with Crippen molar-refractivity contribution in [2.75, 3.05) is 13.1 Å². The second kappa shape index (κ2) is 13.6. The molecular weight excluding hydrogens is 472 g/mol. The second-order valence-electron chi connectivity index (χ2n) is 9.91. The summed E-state index contributed by atoms with van der Waals surface area (Å²) in [6, 6.07) is 16.8. The van der Waals surface area contributed by atoms with Crippen LogP contribution in [0.25, 0.3) is 0 Å². The van der Waals surface area contributed by atoms with Crippen LogP contribution in [0.15, 0.2) is 60.7 Å². The maximum atomic E-state index is 13.5. The van der Waals surface area contributed by atoms with Crippen LogP contribution in [0.4, 0.5) is 9.59 Å². The minimum absolute atomic E-state index is 0.120. The van der Waals surface area contributed by atoms with Crippen molar-refractivity contribution in [3.8, 4) is 0 Å². The van der Waals surface area contributed by atoms with Crippen molar-refractivity contribution >= 4 is 18.0 Å². The van der Waals surface area contributed by atoms with Crippen molar-refractivity contribution in [1.29, 1.82) is 0 Å². The highest BCUT2D eigenvalue weighted by Crippen LogP contribution is 2.18. The lowest BCUT2D eigenvalue weighted by Crippen LogP contribution is -2.59. The van der Waals surface area contributed by atoms with Crippen molar-refractivity contribution in [2.24, 2.45) is 5.92 Å². The maximum absolute atomic E-state index is 13.5. The van der Waals surface area contributed by atoms with Crippen molar-refractivity contribution in [3.05, 3.63) is 71.8 Å². The summed E-state index contributed by atoms with van der Waals surface area (Å²) < 4.78 is 0. The molecule has 0 spiro atoms. The average Bonchev–Trinajstić information content (AvgIpc) is 2.85. The lowest BCUT2D eigenvalue weighted by Gasteiger charge is -2.37. The number of hydrogen-bond donors (Lipinski definition) is 5. The number of nitrogens with zero attached hydrogens (tertiary/aromatic N) is 1. The predicted octanol–water partition coefficient (Wildman–Crippen LogP) is 2.78. The molecule has 1 fully saturated rings. The summed E-state index contributed by atoms with van der Waals surface area (Å²) in [5.74, 6) is -0.406. The van der Waals surface area contributed by atoms with Gasteiger partial charge in [-0.05, 0) is 42.7 Å². The van der Waals surface area contributed by atoms with E-state index in [-0.39, 0.29) is 24.3 Å². The Hall–Kier alpha value is -3.59. The summed E-state index contributed by atoms with van der Waals surface area (Å²) in [7, 11) is 0. The second-order valence-corrected chi connectivity index (χ2v) is 9.91. The first-order valence-corrected chi connectivity index (χ1v) is 12.8. The van der Waals surface area contributed by atoms with Crippen LogP contribution in [0.3, 0.4) is 0 Å².